The van der Waals surface area contributed by atoms with Crippen LogP contribution in [0.1, 0.15) is 17.2 Å². The number of halogens is 2. The van der Waals surface area contributed by atoms with E-state index in [0.717, 1.165) is 0 Å². The van der Waals surface area contributed by atoms with Crippen molar-refractivity contribution in [2.45, 2.75) is 6.04 Å². The fraction of sp³-hybridized carbons (Fsp3) is 0.0833. The molecule has 1 amide bonds. The number of anilines is 1. The average Bonchev–Trinajstić information content (AvgIpc) is 3.06. The second kappa shape index (κ2) is 8.57. The first-order chi connectivity index (χ1) is 15.3. The smallest absolute Gasteiger partial charge is 0.300 e. The molecule has 8 heteroatoms. The van der Waals surface area contributed by atoms with E-state index in [0.29, 0.717) is 27.6 Å². The number of aliphatic hydroxyl groups excluding tert-OH is 1. The third-order valence-electron chi connectivity index (χ3n) is 5.20. The first-order valence-electron chi connectivity index (χ1n) is 9.51. The molecule has 0 radical (unpaired) electrons. The minimum absolute atomic E-state index is 0.0235. The molecule has 1 atom stereocenters. The first kappa shape index (κ1) is 21.7. The number of ether oxygens (including phenoxy) is 1. The van der Waals surface area contributed by atoms with Crippen molar-refractivity contribution in [3.05, 3.63) is 93.5 Å². The summed E-state index contributed by atoms with van der Waals surface area (Å²) in [4.78, 5) is 27.4. The molecule has 0 spiro atoms. The molecular weight excluding hydrogens is 453 g/mol. The number of amides is 1. The van der Waals surface area contributed by atoms with Crippen LogP contribution in [0.5, 0.6) is 11.5 Å². The highest BCUT2D eigenvalue weighted by atomic mass is 35.5. The van der Waals surface area contributed by atoms with Gasteiger partial charge in [-0.05, 0) is 60.2 Å². The molecule has 1 saturated heterocycles. The van der Waals surface area contributed by atoms with Gasteiger partial charge in [-0.1, -0.05) is 35.3 Å². The van der Waals surface area contributed by atoms with Gasteiger partial charge >= 0.3 is 0 Å². The summed E-state index contributed by atoms with van der Waals surface area (Å²) >= 11 is 12.2. The summed E-state index contributed by atoms with van der Waals surface area (Å²) in [6.07, 6.45) is 0. The van der Waals surface area contributed by atoms with Crippen molar-refractivity contribution in [1.29, 1.82) is 0 Å². The molecule has 3 aromatic rings. The Balaban J connectivity index is 1.92. The van der Waals surface area contributed by atoms with Gasteiger partial charge in [0, 0.05) is 11.3 Å². The highest BCUT2D eigenvalue weighted by Gasteiger charge is 2.47. The van der Waals surface area contributed by atoms with Crippen LogP contribution in [0, 0.1) is 0 Å². The Hall–Kier alpha value is -3.48. The number of Topliss-reactive ketones (excluding diaryl/α,β-unsaturated/α-hetero) is 1. The number of phenolic OH excluding ortho intramolecular Hbond substituents is 1. The van der Waals surface area contributed by atoms with Crippen LogP contribution >= 0.6 is 23.2 Å². The fourth-order valence-corrected chi connectivity index (χ4v) is 3.90. The summed E-state index contributed by atoms with van der Waals surface area (Å²) in [7, 11) is 1.52. The molecule has 1 aliphatic rings. The van der Waals surface area contributed by atoms with Gasteiger partial charge in [0.25, 0.3) is 11.7 Å². The second-order valence-corrected chi connectivity index (χ2v) is 7.90. The molecule has 0 aliphatic carbocycles. The van der Waals surface area contributed by atoms with Crippen molar-refractivity contribution in [2.24, 2.45) is 0 Å². The number of ketones is 1. The number of aliphatic hydroxyl groups is 1. The molecule has 2 N–H and O–H groups in total. The van der Waals surface area contributed by atoms with Crippen LogP contribution < -0.4 is 9.64 Å². The van der Waals surface area contributed by atoms with Crippen molar-refractivity contribution in [1.82, 2.24) is 0 Å². The number of benzene rings is 3. The van der Waals surface area contributed by atoms with Crippen LogP contribution in [0.2, 0.25) is 10.0 Å². The van der Waals surface area contributed by atoms with Crippen molar-refractivity contribution >= 4 is 46.3 Å². The number of hydrogen-bond acceptors (Lipinski definition) is 5. The van der Waals surface area contributed by atoms with Gasteiger partial charge < -0.3 is 14.9 Å². The predicted molar refractivity (Wildman–Crippen MR) is 122 cm³/mol. The number of carbonyl (C=O) groups excluding carboxylic acids is 2. The molecule has 1 unspecified atom stereocenters. The minimum Gasteiger partial charge on any atom is -0.508 e. The molecule has 0 aromatic heterocycles. The Bertz CT molecular complexity index is 1240. The number of phenols is 1. The van der Waals surface area contributed by atoms with E-state index >= 15 is 0 Å². The molecule has 1 heterocycles. The number of carbonyl (C=O) groups is 2. The van der Waals surface area contributed by atoms with E-state index in [2.05, 4.69) is 0 Å². The van der Waals surface area contributed by atoms with Gasteiger partial charge in [-0.25, -0.2) is 0 Å². The van der Waals surface area contributed by atoms with Gasteiger partial charge in [0.05, 0.1) is 28.8 Å². The Morgan fingerprint density at radius 2 is 1.59 bits per heavy atom. The zero-order valence-corrected chi connectivity index (χ0v) is 18.3. The molecule has 0 bridgehead atoms. The van der Waals surface area contributed by atoms with Crippen LogP contribution in [0.25, 0.3) is 5.76 Å². The average molecular weight is 470 g/mol. The van der Waals surface area contributed by atoms with Crippen LogP contribution in [-0.2, 0) is 9.59 Å². The molecule has 32 heavy (non-hydrogen) atoms. The van der Waals surface area contributed by atoms with E-state index in [1.807, 2.05) is 0 Å². The zero-order chi connectivity index (χ0) is 23.0. The van der Waals surface area contributed by atoms with E-state index in [1.54, 1.807) is 42.5 Å². The number of aromatic hydroxyl groups is 1. The summed E-state index contributed by atoms with van der Waals surface area (Å²) < 4.78 is 5.14. The van der Waals surface area contributed by atoms with E-state index < -0.39 is 17.7 Å². The summed E-state index contributed by atoms with van der Waals surface area (Å²) in [6, 6.07) is 16.1. The number of nitrogens with zero attached hydrogens (tertiary/aromatic N) is 1. The van der Waals surface area contributed by atoms with Gasteiger partial charge in [0.15, 0.2) is 0 Å². The maximum atomic E-state index is 13.1. The Morgan fingerprint density at radius 3 is 2.19 bits per heavy atom. The molecular formula is C24H17Cl2NO5. The number of methoxy groups -OCH3 is 1. The molecule has 1 fully saturated rings. The summed E-state index contributed by atoms with van der Waals surface area (Å²) in [5.74, 6) is -1.39. The van der Waals surface area contributed by atoms with Crippen LogP contribution in [0.15, 0.2) is 72.3 Å². The highest BCUT2D eigenvalue weighted by molar-refractivity contribution is 6.52. The lowest BCUT2D eigenvalue weighted by Crippen LogP contribution is -2.29. The molecule has 6 nitrogen and oxygen atoms in total. The summed E-state index contributed by atoms with van der Waals surface area (Å²) in [5.41, 5.74) is 1.12. The highest BCUT2D eigenvalue weighted by Crippen LogP contribution is 2.43. The minimum atomic E-state index is -0.949. The van der Waals surface area contributed by atoms with E-state index in [9.17, 15) is 19.8 Å². The van der Waals surface area contributed by atoms with Crippen molar-refractivity contribution in [3.8, 4) is 11.5 Å². The first-order valence-corrected chi connectivity index (χ1v) is 10.3. The van der Waals surface area contributed by atoms with E-state index in [4.69, 9.17) is 27.9 Å². The van der Waals surface area contributed by atoms with Gasteiger partial charge in [-0.3, -0.25) is 14.5 Å². The zero-order valence-electron chi connectivity index (χ0n) is 16.8. The van der Waals surface area contributed by atoms with Crippen LogP contribution in [0.4, 0.5) is 5.69 Å². The molecule has 162 valence electrons. The molecule has 0 saturated carbocycles. The van der Waals surface area contributed by atoms with Crippen molar-refractivity contribution in [2.75, 3.05) is 12.0 Å². The topological polar surface area (TPSA) is 87.1 Å². The predicted octanol–water partition coefficient (Wildman–Crippen LogP) is 5.33. The van der Waals surface area contributed by atoms with Gasteiger partial charge in [-0.15, -0.1) is 0 Å². The maximum Gasteiger partial charge on any atom is 0.300 e. The number of rotatable bonds is 4. The monoisotopic (exact) mass is 469 g/mol. The Labute approximate surface area is 193 Å². The second-order valence-electron chi connectivity index (χ2n) is 7.09. The van der Waals surface area contributed by atoms with E-state index in [1.165, 1.54) is 36.3 Å². The Kier molecular flexibility index (Phi) is 5.82. The lowest BCUT2D eigenvalue weighted by Gasteiger charge is -2.25. The molecule has 3 aromatic carbocycles. The van der Waals surface area contributed by atoms with Crippen LogP contribution in [0.3, 0.4) is 0 Å². The summed E-state index contributed by atoms with van der Waals surface area (Å²) in [6.45, 7) is 0. The molecule has 4 rings (SSSR count). The van der Waals surface area contributed by atoms with Crippen molar-refractivity contribution < 1.29 is 24.5 Å². The Morgan fingerprint density at radius 1 is 0.938 bits per heavy atom. The van der Waals surface area contributed by atoms with Gasteiger partial charge in [0.2, 0.25) is 0 Å². The maximum absolute atomic E-state index is 13.1. The lowest BCUT2D eigenvalue weighted by molar-refractivity contribution is -0.132. The lowest BCUT2D eigenvalue weighted by atomic mass is 9.95. The molecule has 1 aliphatic heterocycles. The number of hydrogen-bond donors (Lipinski definition) is 2. The SMILES string of the molecule is COc1ccc(/C(O)=C2\C(=O)C(=O)N(c3ccc(Cl)c(Cl)c3)C2c2ccc(O)cc2)cc1. The van der Waals surface area contributed by atoms with Crippen molar-refractivity contribution in [3.63, 3.8) is 0 Å². The standard InChI is InChI=1S/C24H17Cl2NO5/c1-32-17-9-4-14(5-10-17)22(29)20-21(13-2-7-16(28)8-3-13)27(24(31)23(20)30)15-6-11-18(25)19(26)12-15/h2-12,21,28-29H,1H3/b22-20+. The normalized spacial score (nSPS) is 17.6. The largest absolute Gasteiger partial charge is 0.508 e. The third-order valence-corrected chi connectivity index (χ3v) is 5.94. The fourth-order valence-electron chi connectivity index (χ4n) is 3.61. The summed E-state index contributed by atoms with van der Waals surface area (Å²) in [5, 5.41) is 21.3. The third kappa shape index (κ3) is 3.79. The van der Waals surface area contributed by atoms with Gasteiger partial charge in [-0.2, -0.15) is 0 Å². The van der Waals surface area contributed by atoms with Crippen LogP contribution in [-0.4, -0.2) is 29.0 Å². The quantitative estimate of drug-likeness (QED) is 0.306. The van der Waals surface area contributed by atoms with E-state index in [-0.39, 0.29) is 22.1 Å². The van der Waals surface area contributed by atoms with Gasteiger partial charge in [0.1, 0.15) is 17.3 Å².